The van der Waals surface area contributed by atoms with Gasteiger partial charge < -0.3 is 5.32 Å². The van der Waals surface area contributed by atoms with E-state index < -0.39 is 0 Å². The van der Waals surface area contributed by atoms with Crippen molar-refractivity contribution in [2.45, 2.75) is 33.7 Å². The summed E-state index contributed by atoms with van der Waals surface area (Å²) in [7, 11) is 1.94. The lowest BCUT2D eigenvalue weighted by Gasteiger charge is -2.04. The zero-order valence-corrected chi connectivity index (χ0v) is 12.3. The molecule has 0 aliphatic carbocycles. The van der Waals surface area contributed by atoms with Crippen molar-refractivity contribution in [3.63, 3.8) is 0 Å². The Morgan fingerprint density at radius 1 is 1.32 bits per heavy atom. The minimum absolute atomic E-state index is 0.793. The van der Waals surface area contributed by atoms with Gasteiger partial charge in [0.2, 0.25) is 0 Å². The van der Waals surface area contributed by atoms with Crippen LogP contribution in [0.5, 0.6) is 0 Å². The number of likely N-dealkylation sites (N-methyl/N-ethyl adjacent to an activating group) is 1. The average molecular weight is 261 g/mol. The van der Waals surface area contributed by atoms with Crippen LogP contribution in [0.25, 0.3) is 0 Å². The molecule has 2 rings (SSSR count). The van der Waals surface area contributed by atoms with Crippen LogP contribution >= 0.6 is 0 Å². The van der Waals surface area contributed by atoms with Crippen LogP contribution in [-0.2, 0) is 20.0 Å². The molecule has 0 spiro atoms. The molecule has 0 aromatic carbocycles. The van der Waals surface area contributed by atoms with E-state index in [0.29, 0.717) is 0 Å². The van der Waals surface area contributed by atoms with Crippen LogP contribution in [0.2, 0.25) is 0 Å². The molecule has 5 heteroatoms. The van der Waals surface area contributed by atoms with E-state index in [2.05, 4.69) is 41.0 Å². The summed E-state index contributed by atoms with van der Waals surface area (Å²) < 4.78 is 3.90. The van der Waals surface area contributed by atoms with Crippen LogP contribution in [0, 0.1) is 13.8 Å². The minimum Gasteiger partial charge on any atom is -0.317 e. The monoisotopic (exact) mass is 261 g/mol. The number of aromatic nitrogens is 4. The van der Waals surface area contributed by atoms with Gasteiger partial charge in [-0.3, -0.25) is 9.36 Å². The molecule has 0 atom stereocenters. The van der Waals surface area contributed by atoms with Crippen LogP contribution in [0.1, 0.15) is 29.4 Å². The first-order chi connectivity index (χ1) is 9.11. The maximum absolute atomic E-state index is 4.65. The number of hydrogen-bond donors (Lipinski definition) is 1. The van der Waals surface area contributed by atoms with Gasteiger partial charge in [0.1, 0.15) is 0 Å². The standard InChI is InChI=1S/C14H23N5/c1-5-15-7-6-14-11(2)17-19(12(14)3)10-13-8-16-18(4)9-13/h8-9,15H,5-7,10H2,1-4H3. The molecule has 0 aliphatic heterocycles. The predicted octanol–water partition coefficient (Wildman–Crippen LogP) is 1.43. The summed E-state index contributed by atoms with van der Waals surface area (Å²) in [6, 6.07) is 0. The molecule has 0 saturated carbocycles. The van der Waals surface area contributed by atoms with Crippen molar-refractivity contribution in [1.29, 1.82) is 0 Å². The Balaban J connectivity index is 2.11. The first kappa shape index (κ1) is 13.8. The van der Waals surface area contributed by atoms with Crippen molar-refractivity contribution < 1.29 is 0 Å². The van der Waals surface area contributed by atoms with Gasteiger partial charge in [-0.2, -0.15) is 10.2 Å². The van der Waals surface area contributed by atoms with Crippen LogP contribution in [0.4, 0.5) is 0 Å². The quantitative estimate of drug-likeness (QED) is 0.800. The summed E-state index contributed by atoms with van der Waals surface area (Å²) in [6.45, 7) is 9.19. The van der Waals surface area contributed by atoms with Gasteiger partial charge in [-0.1, -0.05) is 6.92 Å². The molecule has 2 aromatic heterocycles. The Morgan fingerprint density at radius 2 is 2.11 bits per heavy atom. The molecule has 0 bridgehead atoms. The maximum atomic E-state index is 4.65. The summed E-state index contributed by atoms with van der Waals surface area (Å²) in [6.07, 6.45) is 4.97. The molecule has 1 N–H and O–H groups in total. The van der Waals surface area contributed by atoms with Crippen LogP contribution in [0.3, 0.4) is 0 Å². The molecular weight excluding hydrogens is 238 g/mol. The van der Waals surface area contributed by atoms with Crippen molar-refractivity contribution in [3.05, 3.63) is 34.9 Å². The van der Waals surface area contributed by atoms with Crippen LogP contribution < -0.4 is 5.32 Å². The number of nitrogens with one attached hydrogen (secondary N) is 1. The van der Waals surface area contributed by atoms with Crippen LogP contribution in [-0.4, -0.2) is 32.7 Å². The van der Waals surface area contributed by atoms with Crippen molar-refractivity contribution in [2.75, 3.05) is 13.1 Å². The topological polar surface area (TPSA) is 47.7 Å². The van der Waals surface area contributed by atoms with Gasteiger partial charge in [-0.25, -0.2) is 0 Å². The second-order valence-corrected chi connectivity index (χ2v) is 4.93. The van der Waals surface area contributed by atoms with E-state index in [-0.39, 0.29) is 0 Å². The average Bonchev–Trinajstić information content (AvgIpc) is 2.88. The van der Waals surface area contributed by atoms with Gasteiger partial charge in [0.15, 0.2) is 0 Å². The molecular formula is C14H23N5. The lowest BCUT2D eigenvalue weighted by Crippen LogP contribution is -2.16. The van der Waals surface area contributed by atoms with Crippen molar-refractivity contribution in [3.8, 4) is 0 Å². The smallest absolute Gasteiger partial charge is 0.0693 e. The highest BCUT2D eigenvalue weighted by atomic mass is 15.3. The third-order valence-electron chi connectivity index (χ3n) is 3.42. The zero-order chi connectivity index (χ0) is 13.8. The number of hydrogen-bond acceptors (Lipinski definition) is 3. The molecule has 0 unspecified atom stereocenters. The maximum Gasteiger partial charge on any atom is 0.0693 e. The summed E-state index contributed by atoms with van der Waals surface area (Å²) >= 11 is 0. The van der Waals surface area contributed by atoms with Crippen molar-refractivity contribution in [2.24, 2.45) is 7.05 Å². The molecule has 2 heterocycles. The number of nitrogens with zero attached hydrogens (tertiary/aromatic N) is 4. The van der Waals surface area contributed by atoms with E-state index in [4.69, 9.17) is 0 Å². The van der Waals surface area contributed by atoms with E-state index in [1.165, 1.54) is 16.8 Å². The van der Waals surface area contributed by atoms with Gasteiger partial charge in [0.05, 0.1) is 18.4 Å². The Bertz CT molecular complexity index is 538. The fourth-order valence-electron chi connectivity index (χ4n) is 2.37. The fraction of sp³-hybridized carbons (Fsp3) is 0.571. The van der Waals surface area contributed by atoms with Gasteiger partial charge >= 0.3 is 0 Å². The third kappa shape index (κ3) is 3.23. The van der Waals surface area contributed by atoms with Gasteiger partial charge in [0, 0.05) is 24.5 Å². The molecule has 19 heavy (non-hydrogen) atoms. The Kier molecular flexibility index (Phi) is 4.37. The molecule has 0 saturated heterocycles. The minimum atomic E-state index is 0.793. The Labute approximate surface area is 114 Å². The Morgan fingerprint density at radius 3 is 2.74 bits per heavy atom. The SMILES string of the molecule is CCNCCc1c(C)nn(Cc2cnn(C)c2)c1C. The molecule has 0 aliphatic rings. The van der Waals surface area contributed by atoms with Crippen LogP contribution in [0.15, 0.2) is 12.4 Å². The van der Waals surface area contributed by atoms with Gasteiger partial charge in [-0.15, -0.1) is 0 Å². The highest BCUT2D eigenvalue weighted by Crippen LogP contribution is 2.15. The first-order valence-electron chi connectivity index (χ1n) is 6.83. The molecule has 0 amide bonds. The molecule has 104 valence electrons. The number of rotatable bonds is 6. The summed E-state index contributed by atoms with van der Waals surface area (Å²) in [5, 5.41) is 12.2. The van der Waals surface area contributed by atoms with E-state index in [1.807, 2.05) is 24.1 Å². The highest BCUT2D eigenvalue weighted by molar-refractivity contribution is 5.25. The van der Waals surface area contributed by atoms with Gasteiger partial charge in [0.25, 0.3) is 0 Å². The summed E-state index contributed by atoms with van der Waals surface area (Å²) in [5.41, 5.74) is 4.95. The van der Waals surface area contributed by atoms with Crippen molar-refractivity contribution in [1.82, 2.24) is 24.9 Å². The van der Waals surface area contributed by atoms with Gasteiger partial charge in [-0.05, 0) is 38.9 Å². The lowest BCUT2D eigenvalue weighted by molar-refractivity contribution is 0.655. The summed E-state index contributed by atoms with van der Waals surface area (Å²) in [4.78, 5) is 0. The Hall–Kier alpha value is -1.62. The predicted molar refractivity (Wildman–Crippen MR) is 76.3 cm³/mol. The fourth-order valence-corrected chi connectivity index (χ4v) is 2.37. The van der Waals surface area contributed by atoms with E-state index in [0.717, 1.165) is 31.7 Å². The van der Waals surface area contributed by atoms with Crippen molar-refractivity contribution >= 4 is 0 Å². The molecule has 0 fully saturated rings. The normalized spacial score (nSPS) is 11.2. The second-order valence-electron chi connectivity index (χ2n) is 4.93. The second kappa shape index (κ2) is 6.02. The first-order valence-corrected chi connectivity index (χ1v) is 6.83. The molecule has 5 nitrogen and oxygen atoms in total. The number of aryl methyl sites for hydroxylation is 2. The van der Waals surface area contributed by atoms with E-state index in [1.54, 1.807) is 0 Å². The van der Waals surface area contributed by atoms with E-state index >= 15 is 0 Å². The molecule has 0 radical (unpaired) electrons. The summed E-state index contributed by atoms with van der Waals surface area (Å²) in [5.74, 6) is 0. The highest BCUT2D eigenvalue weighted by Gasteiger charge is 2.11. The largest absolute Gasteiger partial charge is 0.317 e. The molecule has 2 aromatic rings. The lowest BCUT2D eigenvalue weighted by atomic mass is 10.1. The zero-order valence-electron chi connectivity index (χ0n) is 12.3. The third-order valence-corrected chi connectivity index (χ3v) is 3.42. The van der Waals surface area contributed by atoms with E-state index in [9.17, 15) is 0 Å².